The Morgan fingerprint density at radius 1 is 1.29 bits per heavy atom. The van der Waals surface area contributed by atoms with Crippen molar-refractivity contribution in [2.45, 2.75) is 13.3 Å². The topological polar surface area (TPSA) is 39.2 Å². The molecule has 0 radical (unpaired) electrons. The van der Waals surface area contributed by atoms with E-state index in [0.717, 1.165) is 12.0 Å². The van der Waals surface area contributed by atoms with Crippen molar-refractivity contribution in [3.8, 4) is 11.1 Å². The third-order valence-electron chi connectivity index (χ3n) is 2.33. The van der Waals surface area contributed by atoms with Crippen LogP contribution in [0.15, 0.2) is 41.0 Å². The SMILES string of the molecule is CCc1ccccc1-c1coc(N)c1. The summed E-state index contributed by atoms with van der Waals surface area (Å²) >= 11 is 0. The molecule has 0 spiro atoms. The van der Waals surface area contributed by atoms with Gasteiger partial charge in [-0.1, -0.05) is 31.2 Å². The molecule has 0 saturated heterocycles. The molecule has 0 aliphatic rings. The maximum absolute atomic E-state index is 5.54. The van der Waals surface area contributed by atoms with Crippen molar-refractivity contribution in [2.75, 3.05) is 5.73 Å². The van der Waals surface area contributed by atoms with E-state index in [1.54, 1.807) is 6.26 Å². The molecule has 2 nitrogen and oxygen atoms in total. The van der Waals surface area contributed by atoms with Gasteiger partial charge in [0.05, 0.1) is 0 Å². The van der Waals surface area contributed by atoms with Crippen LogP contribution in [0.2, 0.25) is 0 Å². The number of anilines is 1. The van der Waals surface area contributed by atoms with Gasteiger partial charge < -0.3 is 10.2 Å². The fraction of sp³-hybridized carbons (Fsp3) is 0.167. The summed E-state index contributed by atoms with van der Waals surface area (Å²) in [6, 6.07) is 10.1. The Bertz CT molecular complexity index is 431. The molecule has 0 saturated carbocycles. The summed E-state index contributed by atoms with van der Waals surface area (Å²) in [6.45, 7) is 2.14. The van der Waals surface area contributed by atoms with Crippen molar-refractivity contribution < 1.29 is 4.42 Å². The number of aryl methyl sites for hydroxylation is 1. The molecule has 0 aliphatic heterocycles. The molecule has 2 N–H and O–H groups in total. The lowest BCUT2D eigenvalue weighted by Gasteiger charge is -2.03. The van der Waals surface area contributed by atoms with E-state index >= 15 is 0 Å². The second-order valence-electron chi connectivity index (χ2n) is 3.25. The molecular formula is C12H13NO. The summed E-state index contributed by atoms with van der Waals surface area (Å²) in [5.41, 5.74) is 9.11. The largest absolute Gasteiger partial charge is 0.449 e. The van der Waals surface area contributed by atoms with Crippen molar-refractivity contribution in [3.05, 3.63) is 42.2 Å². The standard InChI is InChI=1S/C12H13NO/c1-2-9-5-3-4-6-11(9)10-7-12(13)14-8-10/h3-8H,2,13H2,1H3. The fourth-order valence-corrected chi connectivity index (χ4v) is 1.60. The van der Waals surface area contributed by atoms with Crippen molar-refractivity contribution in [1.82, 2.24) is 0 Å². The van der Waals surface area contributed by atoms with Crippen LogP contribution >= 0.6 is 0 Å². The van der Waals surface area contributed by atoms with Gasteiger partial charge in [-0.15, -0.1) is 0 Å². The van der Waals surface area contributed by atoms with Crippen LogP contribution in [0, 0.1) is 0 Å². The van der Waals surface area contributed by atoms with Gasteiger partial charge in [0.2, 0.25) is 0 Å². The second kappa shape index (κ2) is 3.58. The number of nitrogens with two attached hydrogens (primary N) is 1. The predicted octanol–water partition coefficient (Wildman–Crippen LogP) is 3.09. The Kier molecular flexibility index (Phi) is 2.27. The van der Waals surface area contributed by atoms with Gasteiger partial charge in [0, 0.05) is 11.6 Å². The van der Waals surface area contributed by atoms with Crippen molar-refractivity contribution >= 4 is 5.88 Å². The molecule has 1 aromatic heterocycles. The predicted molar refractivity (Wildman–Crippen MR) is 57.9 cm³/mol. The number of hydrogen-bond acceptors (Lipinski definition) is 2. The average Bonchev–Trinajstić information content (AvgIpc) is 2.65. The maximum Gasteiger partial charge on any atom is 0.190 e. The van der Waals surface area contributed by atoms with Crippen LogP contribution in [0.25, 0.3) is 11.1 Å². The molecule has 1 heterocycles. The Balaban J connectivity index is 2.50. The highest BCUT2D eigenvalue weighted by atomic mass is 16.3. The lowest BCUT2D eigenvalue weighted by Crippen LogP contribution is -1.85. The number of furan rings is 1. The minimum atomic E-state index is 0.464. The van der Waals surface area contributed by atoms with Crippen molar-refractivity contribution in [2.24, 2.45) is 0 Å². The first-order valence-corrected chi connectivity index (χ1v) is 4.73. The van der Waals surface area contributed by atoms with Gasteiger partial charge in [0.25, 0.3) is 0 Å². The second-order valence-corrected chi connectivity index (χ2v) is 3.25. The lowest BCUT2D eigenvalue weighted by atomic mass is 10.0. The first-order chi connectivity index (χ1) is 6.81. The molecule has 0 aliphatic carbocycles. The Labute approximate surface area is 83.4 Å². The molecule has 72 valence electrons. The van der Waals surface area contributed by atoms with Crippen LogP contribution in [0.1, 0.15) is 12.5 Å². The molecule has 0 bridgehead atoms. The maximum atomic E-state index is 5.54. The fourth-order valence-electron chi connectivity index (χ4n) is 1.60. The van der Waals surface area contributed by atoms with E-state index in [2.05, 4.69) is 19.1 Å². The number of benzene rings is 1. The van der Waals surface area contributed by atoms with Gasteiger partial charge in [-0.05, 0) is 17.5 Å². The first-order valence-electron chi connectivity index (χ1n) is 4.73. The van der Waals surface area contributed by atoms with Crippen LogP contribution in [0.5, 0.6) is 0 Å². The van der Waals surface area contributed by atoms with E-state index in [1.807, 2.05) is 18.2 Å². The lowest BCUT2D eigenvalue weighted by molar-refractivity contribution is 0.588. The van der Waals surface area contributed by atoms with Crippen LogP contribution < -0.4 is 5.73 Å². The molecule has 2 heteroatoms. The highest BCUT2D eigenvalue weighted by molar-refractivity contribution is 5.68. The molecule has 0 fully saturated rings. The van der Waals surface area contributed by atoms with E-state index in [1.165, 1.54) is 11.1 Å². The molecule has 0 unspecified atom stereocenters. The molecule has 1 aromatic carbocycles. The monoisotopic (exact) mass is 187 g/mol. The van der Waals surface area contributed by atoms with Gasteiger partial charge >= 0.3 is 0 Å². The van der Waals surface area contributed by atoms with E-state index < -0.39 is 0 Å². The van der Waals surface area contributed by atoms with E-state index in [-0.39, 0.29) is 0 Å². The van der Waals surface area contributed by atoms with E-state index in [0.29, 0.717) is 5.88 Å². The summed E-state index contributed by atoms with van der Waals surface area (Å²) in [7, 11) is 0. The Morgan fingerprint density at radius 3 is 2.71 bits per heavy atom. The minimum Gasteiger partial charge on any atom is -0.449 e. The summed E-state index contributed by atoms with van der Waals surface area (Å²) in [5.74, 6) is 0.464. The molecule has 0 amide bonds. The molecule has 14 heavy (non-hydrogen) atoms. The van der Waals surface area contributed by atoms with Gasteiger partial charge in [-0.25, -0.2) is 0 Å². The zero-order valence-electron chi connectivity index (χ0n) is 8.16. The Hall–Kier alpha value is -1.70. The summed E-state index contributed by atoms with van der Waals surface area (Å²) in [6.07, 6.45) is 2.71. The quantitative estimate of drug-likeness (QED) is 0.784. The van der Waals surface area contributed by atoms with Crippen molar-refractivity contribution in [3.63, 3.8) is 0 Å². The highest BCUT2D eigenvalue weighted by Crippen LogP contribution is 2.26. The third kappa shape index (κ3) is 1.51. The molecular weight excluding hydrogens is 174 g/mol. The first kappa shape index (κ1) is 8.88. The number of hydrogen-bond donors (Lipinski definition) is 1. The van der Waals surface area contributed by atoms with Crippen LogP contribution in [0.3, 0.4) is 0 Å². The zero-order chi connectivity index (χ0) is 9.97. The molecule has 2 aromatic rings. The van der Waals surface area contributed by atoms with Gasteiger partial charge in [0.1, 0.15) is 6.26 Å². The van der Waals surface area contributed by atoms with Gasteiger partial charge in [-0.2, -0.15) is 0 Å². The molecule has 2 rings (SSSR count). The van der Waals surface area contributed by atoms with E-state index in [9.17, 15) is 0 Å². The van der Waals surface area contributed by atoms with Crippen LogP contribution in [0.4, 0.5) is 5.88 Å². The summed E-state index contributed by atoms with van der Waals surface area (Å²) < 4.78 is 5.10. The van der Waals surface area contributed by atoms with Crippen LogP contribution in [-0.2, 0) is 6.42 Å². The van der Waals surface area contributed by atoms with Gasteiger partial charge in [-0.3, -0.25) is 0 Å². The van der Waals surface area contributed by atoms with Gasteiger partial charge in [0.15, 0.2) is 5.88 Å². The third-order valence-corrected chi connectivity index (χ3v) is 2.33. The van der Waals surface area contributed by atoms with E-state index in [4.69, 9.17) is 10.2 Å². The number of nitrogen functional groups attached to an aromatic ring is 1. The van der Waals surface area contributed by atoms with Crippen LogP contribution in [-0.4, -0.2) is 0 Å². The minimum absolute atomic E-state index is 0.464. The zero-order valence-corrected chi connectivity index (χ0v) is 8.16. The smallest absolute Gasteiger partial charge is 0.190 e. The highest BCUT2D eigenvalue weighted by Gasteiger charge is 2.05. The van der Waals surface area contributed by atoms with Crippen molar-refractivity contribution in [1.29, 1.82) is 0 Å². The Morgan fingerprint density at radius 2 is 2.07 bits per heavy atom. The average molecular weight is 187 g/mol. The summed E-state index contributed by atoms with van der Waals surface area (Å²) in [4.78, 5) is 0. The normalized spacial score (nSPS) is 10.4. The number of rotatable bonds is 2. The summed E-state index contributed by atoms with van der Waals surface area (Å²) in [5, 5.41) is 0. The molecule has 0 atom stereocenters.